The fourth-order valence-electron chi connectivity index (χ4n) is 2.49. The zero-order valence-corrected chi connectivity index (χ0v) is 13.5. The van der Waals surface area contributed by atoms with Crippen LogP contribution in [0, 0.1) is 6.92 Å². The fraction of sp³-hybridized carbons (Fsp3) is 0.333. The number of benzene rings is 2. The van der Waals surface area contributed by atoms with Crippen LogP contribution in [0.4, 0.5) is 0 Å². The summed E-state index contributed by atoms with van der Waals surface area (Å²) < 4.78 is 6.04. The van der Waals surface area contributed by atoms with E-state index in [9.17, 15) is 0 Å². The van der Waals surface area contributed by atoms with E-state index in [2.05, 4.69) is 32.9 Å². The molecule has 0 radical (unpaired) electrons. The van der Waals surface area contributed by atoms with Crippen LogP contribution >= 0.6 is 11.6 Å². The third-order valence-electron chi connectivity index (χ3n) is 3.58. The van der Waals surface area contributed by atoms with Gasteiger partial charge in [0.1, 0.15) is 11.9 Å². The van der Waals surface area contributed by atoms with Crippen molar-refractivity contribution in [2.45, 2.75) is 32.8 Å². The number of rotatable bonds is 5. The Morgan fingerprint density at radius 3 is 2.48 bits per heavy atom. The summed E-state index contributed by atoms with van der Waals surface area (Å²) >= 11 is 6.03. The van der Waals surface area contributed by atoms with Crippen LogP contribution in [0.5, 0.6) is 5.75 Å². The summed E-state index contributed by atoms with van der Waals surface area (Å²) in [7, 11) is 0. The van der Waals surface area contributed by atoms with Crippen molar-refractivity contribution < 1.29 is 4.74 Å². The molecule has 3 heteroatoms. The molecule has 0 saturated heterocycles. The van der Waals surface area contributed by atoms with Gasteiger partial charge in [-0.25, -0.2) is 0 Å². The van der Waals surface area contributed by atoms with Gasteiger partial charge in [0.25, 0.3) is 0 Å². The Hall–Kier alpha value is -1.51. The smallest absolute Gasteiger partial charge is 0.136 e. The average molecular weight is 304 g/mol. The van der Waals surface area contributed by atoms with E-state index in [0.717, 1.165) is 11.3 Å². The Morgan fingerprint density at radius 2 is 1.90 bits per heavy atom. The minimum atomic E-state index is -0.187. The van der Waals surface area contributed by atoms with Gasteiger partial charge in [0, 0.05) is 11.6 Å². The summed E-state index contributed by atoms with van der Waals surface area (Å²) in [5, 5.41) is 0.695. The second kappa shape index (κ2) is 6.97. The van der Waals surface area contributed by atoms with Crippen molar-refractivity contribution in [1.82, 2.24) is 0 Å². The van der Waals surface area contributed by atoms with E-state index in [1.54, 1.807) is 0 Å². The molecule has 2 nitrogen and oxygen atoms in total. The van der Waals surface area contributed by atoms with Crippen LogP contribution in [-0.4, -0.2) is 6.54 Å². The maximum atomic E-state index is 6.04. The molecule has 1 atom stereocenters. The average Bonchev–Trinajstić information content (AvgIpc) is 2.44. The molecular weight excluding hydrogens is 282 g/mol. The third-order valence-corrected chi connectivity index (χ3v) is 3.81. The molecule has 112 valence electrons. The van der Waals surface area contributed by atoms with Crippen LogP contribution in [0.1, 0.15) is 42.6 Å². The van der Waals surface area contributed by atoms with Crippen molar-refractivity contribution in [3.8, 4) is 5.75 Å². The quantitative estimate of drug-likeness (QED) is 0.857. The van der Waals surface area contributed by atoms with Crippen molar-refractivity contribution in [2.24, 2.45) is 5.73 Å². The molecule has 2 aromatic rings. The van der Waals surface area contributed by atoms with E-state index in [0.29, 0.717) is 17.5 Å². The van der Waals surface area contributed by atoms with E-state index in [1.807, 2.05) is 30.3 Å². The highest BCUT2D eigenvalue weighted by Crippen LogP contribution is 2.27. The fourth-order valence-corrected chi connectivity index (χ4v) is 2.69. The van der Waals surface area contributed by atoms with Crippen LogP contribution in [0.15, 0.2) is 42.5 Å². The lowest BCUT2D eigenvalue weighted by Crippen LogP contribution is -2.18. The summed E-state index contributed by atoms with van der Waals surface area (Å²) in [6.45, 7) is 6.90. The second-order valence-electron chi connectivity index (χ2n) is 5.57. The van der Waals surface area contributed by atoms with Gasteiger partial charge in [-0.1, -0.05) is 43.6 Å². The topological polar surface area (TPSA) is 35.2 Å². The lowest BCUT2D eigenvalue weighted by atomic mass is 9.98. The first-order valence-electron chi connectivity index (χ1n) is 7.24. The van der Waals surface area contributed by atoms with Gasteiger partial charge in [-0.3, -0.25) is 0 Å². The zero-order chi connectivity index (χ0) is 15.4. The molecule has 0 saturated carbocycles. The predicted molar refractivity (Wildman–Crippen MR) is 89.1 cm³/mol. The second-order valence-corrected chi connectivity index (χ2v) is 6.01. The van der Waals surface area contributed by atoms with Gasteiger partial charge in [-0.05, 0) is 53.8 Å². The van der Waals surface area contributed by atoms with Gasteiger partial charge in [0.05, 0.1) is 0 Å². The summed E-state index contributed by atoms with van der Waals surface area (Å²) in [6, 6.07) is 13.9. The number of ether oxygens (including phenoxy) is 1. The van der Waals surface area contributed by atoms with Gasteiger partial charge in [0.2, 0.25) is 0 Å². The largest absolute Gasteiger partial charge is 0.484 e. The van der Waals surface area contributed by atoms with E-state index in [4.69, 9.17) is 22.1 Å². The third kappa shape index (κ3) is 3.99. The molecule has 0 spiro atoms. The van der Waals surface area contributed by atoms with Crippen LogP contribution in [-0.2, 0) is 0 Å². The van der Waals surface area contributed by atoms with Gasteiger partial charge in [0.15, 0.2) is 0 Å². The van der Waals surface area contributed by atoms with Gasteiger partial charge in [-0.15, -0.1) is 0 Å². The lowest BCUT2D eigenvalue weighted by molar-refractivity contribution is 0.214. The number of hydrogen-bond donors (Lipinski definition) is 1. The van der Waals surface area contributed by atoms with Crippen LogP contribution in [0.25, 0.3) is 0 Å². The lowest BCUT2D eigenvalue weighted by Gasteiger charge is -2.19. The summed E-state index contributed by atoms with van der Waals surface area (Å²) in [5.74, 6) is 1.35. The molecule has 2 N–H and O–H groups in total. The van der Waals surface area contributed by atoms with E-state index in [1.165, 1.54) is 11.1 Å². The maximum absolute atomic E-state index is 6.04. The number of halogens is 1. The SMILES string of the molecule is Cc1cc(OC(CN)c2cccc(Cl)c2)ccc1C(C)C. The Kier molecular flexibility index (Phi) is 5.27. The molecule has 2 rings (SSSR count). The summed E-state index contributed by atoms with van der Waals surface area (Å²) in [6.07, 6.45) is -0.187. The van der Waals surface area contributed by atoms with Crippen LogP contribution in [0.3, 0.4) is 0 Å². The monoisotopic (exact) mass is 303 g/mol. The molecule has 0 aromatic heterocycles. The van der Waals surface area contributed by atoms with E-state index in [-0.39, 0.29) is 6.10 Å². The van der Waals surface area contributed by atoms with Crippen molar-refractivity contribution in [2.75, 3.05) is 6.54 Å². The Bertz CT molecular complexity index is 610. The van der Waals surface area contributed by atoms with Crippen molar-refractivity contribution >= 4 is 11.6 Å². The molecule has 0 bridgehead atoms. The van der Waals surface area contributed by atoms with E-state index >= 15 is 0 Å². The molecule has 0 heterocycles. The number of hydrogen-bond acceptors (Lipinski definition) is 2. The maximum Gasteiger partial charge on any atom is 0.136 e. The van der Waals surface area contributed by atoms with Crippen LogP contribution < -0.4 is 10.5 Å². The molecule has 2 aromatic carbocycles. The number of nitrogens with two attached hydrogens (primary N) is 1. The minimum Gasteiger partial charge on any atom is -0.484 e. The zero-order valence-electron chi connectivity index (χ0n) is 12.8. The van der Waals surface area contributed by atoms with E-state index < -0.39 is 0 Å². The summed E-state index contributed by atoms with van der Waals surface area (Å²) in [5.41, 5.74) is 9.43. The van der Waals surface area contributed by atoms with Crippen LogP contribution in [0.2, 0.25) is 5.02 Å². The molecule has 0 aliphatic carbocycles. The highest BCUT2D eigenvalue weighted by atomic mass is 35.5. The van der Waals surface area contributed by atoms with Gasteiger partial charge >= 0.3 is 0 Å². The highest BCUT2D eigenvalue weighted by molar-refractivity contribution is 6.30. The molecule has 21 heavy (non-hydrogen) atoms. The summed E-state index contributed by atoms with van der Waals surface area (Å²) in [4.78, 5) is 0. The molecular formula is C18H22ClNO. The molecule has 0 aliphatic rings. The normalized spacial score (nSPS) is 12.5. The van der Waals surface area contributed by atoms with Gasteiger partial charge in [-0.2, -0.15) is 0 Å². The van der Waals surface area contributed by atoms with Crippen molar-refractivity contribution in [1.29, 1.82) is 0 Å². The standard InChI is InChI=1S/C18H22ClNO/c1-12(2)17-8-7-16(9-13(17)3)21-18(11-20)14-5-4-6-15(19)10-14/h4-10,12,18H,11,20H2,1-3H3. The first-order chi connectivity index (χ1) is 10.0. The predicted octanol–water partition coefficient (Wildman–Crippen LogP) is 4.85. The Labute approximate surface area is 131 Å². The Balaban J connectivity index is 2.21. The van der Waals surface area contributed by atoms with Crippen molar-refractivity contribution in [3.63, 3.8) is 0 Å². The highest BCUT2D eigenvalue weighted by Gasteiger charge is 2.13. The molecule has 0 aliphatic heterocycles. The first kappa shape index (κ1) is 15.9. The Morgan fingerprint density at radius 1 is 1.14 bits per heavy atom. The molecule has 0 fully saturated rings. The first-order valence-corrected chi connectivity index (χ1v) is 7.61. The molecule has 1 unspecified atom stereocenters. The number of aryl methyl sites for hydroxylation is 1. The molecule has 0 amide bonds. The minimum absolute atomic E-state index is 0.187. The van der Waals surface area contributed by atoms with Gasteiger partial charge < -0.3 is 10.5 Å². The van der Waals surface area contributed by atoms with Crippen molar-refractivity contribution in [3.05, 3.63) is 64.2 Å².